The Morgan fingerprint density at radius 2 is 0.400 bits per heavy atom. The minimum absolute atomic E-state index is 0.0422. The molecular weight excluding hydrogens is 1900 g/mol. The lowest BCUT2D eigenvalue weighted by molar-refractivity contribution is 0.0591. The Morgan fingerprint density at radius 1 is 0.248 bits per heavy atom. The van der Waals surface area contributed by atoms with E-state index in [9.17, 15) is 72.5 Å². The number of hydrogen-bond donors (Lipinski definition) is 9. The van der Waals surface area contributed by atoms with E-state index in [-0.39, 0.29) is 77.8 Å². The van der Waals surface area contributed by atoms with Crippen molar-refractivity contribution in [3.05, 3.63) is 166 Å². The maximum Gasteiger partial charge on any atom is 0.337 e. The number of carboxylic acids is 1. The Hall–Kier alpha value is -7.22. The lowest BCUT2D eigenvalue weighted by Gasteiger charge is -2.12. The summed E-state index contributed by atoms with van der Waals surface area (Å²) in [5, 5.41) is 34.8. The standard InChI is InChI=1S/2C14H18N2O4S2.C13H16N2O4S2.2C13H18N2O3S2.C7H8OS2.C7H8S3/c2*1-15(2)13(18)21-10-6-9(12(17)20-5)7-11(8-10)22-14(19)16(3)4;1-14(2)12(18)20-9-5-8(11(16)17)6-10(7-9)21-13(19)15(3)4;2*1-14(2)12(17)19-10-5-9(8-16)6-11(7-10)20-13(18)15(3)4;2*8-4-5-1-6(9)3-7(10)2-5/h2*6-8H,1-5H3;5-7H,1-4H3,(H,16,17);2*5-7,16H,8H2,1-4H3;2*1-3,8-10H,4H2. The van der Waals surface area contributed by atoms with Crippen LogP contribution < -0.4 is 0 Å². The van der Waals surface area contributed by atoms with E-state index in [1.54, 1.807) is 220 Å². The molecule has 0 aliphatic heterocycles. The molecule has 0 aliphatic rings. The van der Waals surface area contributed by atoms with E-state index in [1.165, 1.54) is 75.4 Å². The first-order chi connectivity index (χ1) is 58.3. The molecule has 0 fully saturated rings. The number of aliphatic hydroxyl groups excluding tert-OH is 3. The molecule has 0 aromatic heterocycles. The molecule has 29 nitrogen and oxygen atoms in total. The molecule has 0 bridgehead atoms. The highest BCUT2D eigenvalue weighted by molar-refractivity contribution is 8.16. The third-order valence-corrected chi connectivity index (χ3v) is 25.5. The maximum absolute atomic E-state index is 11.8. The van der Waals surface area contributed by atoms with Crippen LogP contribution in [0.15, 0.2) is 196 Å². The van der Waals surface area contributed by atoms with Gasteiger partial charge in [0.2, 0.25) is 0 Å². The minimum atomic E-state index is -1.10. The summed E-state index contributed by atoms with van der Waals surface area (Å²) >= 11 is 30.8. The molecule has 7 aromatic carbocycles. The van der Waals surface area contributed by atoms with Crippen molar-refractivity contribution in [2.24, 2.45) is 0 Å². The van der Waals surface area contributed by atoms with Crippen LogP contribution in [-0.2, 0) is 35.0 Å². The van der Waals surface area contributed by atoms with Crippen LogP contribution in [0.3, 0.4) is 0 Å². The highest BCUT2D eigenvalue weighted by atomic mass is 32.2. The first kappa shape index (κ1) is 116. The van der Waals surface area contributed by atoms with Gasteiger partial charge in [-0.15, -0.1) is 50.5 Å². The van der Waals surface area contributed by atoms with Gasteiger partial charge in [-0.2, -0.15) is 12.6 Å². The van der Waals surface area contributed by atoms with Crippen LogP contribution in [0.2, 0.25) is 0 Å². The molecule has 0 spiro atoms. The van der Waals surface area contributed by atoms with Gasteiger partial charge in [-0.25, -0.2) is 14.4 Å². The number of benzene rings is 7. The van der Waals surface area contributed by atoms with Crippen molar-refractivity contribution in [2.75, 3.05) is 155 Å². The van der Waals surface area contributed by atoms with E-state index < -0.39 is 17.9 Å². The number of thioether (sulfide) groups is 10. The van der Waals surface area contributed by atoms with Crippen LogP contribution in [0.4, 0.5) is 47.9 Å². The number of carbonyl (C=O) groups is 13. The number of rotatable bonds is 17. The van der Waals surface area contributed by atoms with Gasteiger partial charge in [-0.1, -0.05) is 0 Å². The molecule has 10 amide bonds. The molecule has 0 radical (unpaired) electrons. The average Bonchev–Trinajstić information content (AvgIpc) is 0.859. The number of aliphatic hydroxyl groups is 3. The highest BCUT2D eigenvalue weighted by Crippen LogP contribution is 2.36. The number of nitrogens with zero attached hydrogens (tertiary/aromatic N) is 10. The van der Waals surface area contributed by atoms with E-state index in [1.807, 2.05) is 36.4 Å². The number of hydrogen-bond acceptors (Lipinski definition) is 33. The van der Waals surface area contributed by atoms with Gasteiger partial charge in [0, 0.05) is 215 Å². The first-order valence-electron chi connectivity index (χ1n) is 35.8. The molecule has 4 N–H and O–H groups in total. The van der Waals surface area contributed by atoms with Crippen LogP contribution in [0.25, 0.3) is 0 Å². The molecular formula is C81H104N10O19S15. The van der Waals surface area contributed by atoms with E-state index >= 15 is 0 Å². The summed E-state index contributed by atoms with van der Waals surface area (Å²) < 4.78 is 9.41. The van der Waals surface area contributed by atoms with Gasteiger partial charge in [0.05, 0.1) is 50.7 Å². The quantitative estimate of drug-likeness (QED) is 0.0232. The molecule has 125 heavy (non-hydrogen) atoms. The average molecular weight is 2000 g/mol. The number of aromatic carboxylic acids is 1. The fraction of sp³-hybridized carbons (Fsp3) is 0.321. The van der Waals surface area contributed by atoms with Crippen molar-refractivity contribution in [3.63, 3.8) is 0 Å². The number of carboxylic acid groups (broad SMARTS) is 1. The Labute approximate surface area is 800 Å². The predicted octanol–water partition coefficient (Wildman–Crippen LogP) is 18.9. The summed E-state index contributed by atoms with van der Waals surface area (Å²) in [4.78, 5) is 176. The predicted molar refractivity (Wildman–Crippen MR) is 524 cm³/mol. The topological polar surface area (TPSA) is 354 Å². The fourth-order valence-electron chi connectivity index (χ4n) is 7.76. The van der Waals surface area contributed by atoms with Crippen molar-refractivity contribution in [3.8, 4) is 0 Å². The highest BCUT2D eigenvalue weighted by Gasteiger charge is 2.22. The zero-order valence-electron chi connectivity index (χ0n) is 72.7. The van der Waals surface area contributed by atoms with Gasteiger partial charge in [0.1, 0.15) is 0 Å². The molecule has 0 saturated carbocycles. The van der Waals surface area contributed by atoms with Gasteiger partial charge in [-0.05, 0) is 267 Å². The second-order valence-electron chi connectivity index (χ2n) is 27.0. The molecule has 0 atom stereocenters. The van der Waals surface area contributed by atoms with E-state index in [0.717, 1.165) is 154 Å². The van der Waals surface area contributed by atoms with Crippen LogP contribution in [0.1, 0.15) is 53.3 Å². The third kappa shape index (κ3) is 47.1. The number of amides is 10. The SMILES string of the molecule is CN(C)C(=O)Sc1cc(CO)cc(SC(=O)N(C)C)c1.CN(C)C(=O)Sc1cc(CO)cc(SC(=O)N(C)C)c1.CN(C)C(=O)Sc1cc(SC(=O)N(C)C)cc(C(=O)O)c1.COC(=O)c1cc(SC(=O)N(C)C)cc(SC(=O)N(C)C)c1.COC(=O)c1cc(SC(=O)N(C)C)cc(SC(=O)N(C)C)c1.OCc1cc(S)cc(S)c1.SCc1cc(S)cc(S)c1. The van der Waals surface area contributed by atoms with Crippen LogP contribution in [0.5, 0.6) is 0 Å². The molecule has 7 rings (SSSR count). The summed E-state index contributed by atoms with van der Waals surface area (Å²) in [6.45, 7) is -0.218. The Morgan fingerprint density at radius 3 is 0.544 bits per heavy atom. The van der Waals surface area contributed by atoms with E-state index in [4.69, 9.17) is 19.7 Å². The van der Waals surface area contributed by atoms with Gasteiger partial charge >= 0.3 is 17.9 Å². The molecule has 7 aromatic rings. The van der Waals surface area contributed by atoms with Crippen molar-refractivity contribution in [2.45, 2.75) is 94.1 Å². The van der Waals surface area contributed by atoms with Gasteiger partial charge in [0.25, 0.3) is 52.4 Å². The number of carbonyl (C=O) groups excluding carboxylic acids is 12. The van der Waals surface area contributed by atoms with Gasteiger partial charge in [-0.3, -0.25) is 47.9 Å². The molecule has 0 saturated heterocycles. The summed E-state index contributed by atoms with van der Waals surface area (Å²) in [7, 11) is 35.6. The van der Waals surface area contributed by atoms with Crippen LogP contribution in [-0.4, -0.2) is 295 Å². The van der Waals surface area contributed by atoms with Crippen molar-refractivity contribution < 1.29 is 92.2 Å². The minimum Gasteiger partial charge on any atom is -0.478 e. The molecule has 0 unspecified atom stereocenters. The normalized spacial score (nSPS) is 10.1. The smallest absolute Gasteiger partial charge is 0.337 e. The fourth-order valence-corrected chi connectivity index (χ4v) is 17.4. The number of esters is 2. The maximum atomic E-state index is 11.8. The summed E-state index contributed by atoms with van der Waals surface area (Å²) in [5.41, 5.74) is 3.99. The number of methoxy groups -OCH3 is 2. The third-order valence-electron chi connectivity index (χ3n) is 14.0. The molecule has 44 heteroatoms. The number of ether oxygens (including phenoxy) is 2. The lowest BCUT2D eigenvalue weighted by Crippen LogP contribution is -2.17. The van der Waals surface area contributed by atoms with Crippen molar-refractivity contribution in [1.82, 2.24) is 49.0 Å². The summed E-state index contributed by atoms with van der Waals surface area (Å²) in [5.74, 6) is -1.39. The monoisotopic (exact) mass is 2000 g/mol. The first-order valence-corrected chi connectivity index (χ1v) is 46.4. The van der Waals surface area contributed by atoms with Crippen LogP contribution >= 0.6 is 181 Å². The van der Waals surface area contributed by atoms with Crippen LogP contribution in [0, 0.1) is 0 Å². The van der Waals surface area contributed by atoms with Gasteiger partial charge < -0.3 is 78.9 Å². The van der Waals surface area contributed by atoms with Crippen molar-refractivity contribution in [1.29, 1.82) is 0 Å². The van der Waals surface area contributed by atoms with Crippen molar-refractivity contribution >= 4 is 251 Å². The zero-order chi connectivity index (χ0) is 95.6. The summed E-state index contributed by atoms with van der Waals surface area (Å²) in [6.07, 6.45) is 0. The zero-order valence-corrected chi connectivity index (χ0v) is 85.3. The lowest BCUT2D eigenvalue weighted by atomic mass is 10.2. The second-order valence-corrected chi connectivity index (χ2v) is 39.6. The summed E-state index contributed by atoms with van der Waals surface area (Å²) in [6, 6.07) is 36.0. The van der Waals surface area contributed by atoms with E-state index in [2.05, 4.69) is 63.1 Å². The largest absolute Gasteiger partial charge is 0.478 e. The van der Waals surface area contributed by atoms with E-state index in [0.29, 0.717) is 71.2 Å². The Kier molecular flexibility index (Phi) is 55.4. The Balaban J connectivity index is 0.000000740. The second kappa shape index (κ2) is 59.8. The van der Waals surface area contributed by atoms with Gasteiger partial charge in [0.15, 0.2) is 0 Å². The Bertz CT molecular complexity index is 4380. The molecule has 0 heterocycles. The molecule has 682 valence electrons. The number of thiol groups is 5. The molecule has 0 aliphatic carbocycles.